The summed E-state index contributed by atoms with van der Waals surface area (Å²) in [5, 5.41) is 3.48. The van der Waals surface area contributed by atoms with Crippen LogP contribution in [0.3, 0.4) is 0 Å². The summed E-state index contributed by atoms with van der Waals surface area (Å²) in [6.07, 6.45) is 1.84. The number of amides is 2. The third-order valence-corrected chi connectivity index (χ3v) is 8.55. The number of sulfonamides is 1. The van der Waals surface area contributed by atoms with Crippen molar-refractivity contribution in [2.45, 2.75) is 65.6 Å². The summed E-state index contributed by atoms with van der Waals surface area (Å²) in [5.74, 6) is -0.503. The summed E-state index contributed by atoms with van der Waals surface area (Å²) in [6.45, 7) is 7.87. The Balaban J connectivity index is 1.91. The summed E-state index contributed by atoms with van der Waals surface area (Å²) in [6, 6.07) is 21.5. The molecule has 0 aromatic heterocycles. The predicted molar refractivity (Wildman–Crippen MR) is 167 cm³/mol. The monoisotopic (exact) mass is 597 g/mol. The normalized spacial score (nSPS) is 12.2. The number of benzene rings is 3. The minimum absolute atomic E-state index is 0.0571. The Labute approximate surface area is 249 Å². The number of nitrogens with zero attached hydrogens (tertiary/aromatic N) is 2. The van der Waals surface area contributed by atoms with E-state index in [1.165, 1.54) is 10.6 Å². The number of hydrogen-bond acceptors (Lipinski definition) is 4. The van der Waals surface area contributed by atoms with Gasteiger partial charge in [-0.05, 0) is 68.5 Å². The number of carbonyl (C=O) groups is 2. The largest absolute Gasteiger partial charge is 0.352 e. The van der Waals surface area contributed by atoms with E-state index in [1.807, 2.05) is 88.4 Å². The Morgan fingerprint density at radius 3 is 2.22 bits per heavy atom. The molecule has 3 aromatic rings. The molecule has 0 fully saturated rings. The molecule has 0 radical (unpaired) electrons. The summed E-state index contributed by atoms with van der Waals surface area (Å²) in [5.41, 5.74) is 4.11. The van der Waals surface area contributed by atoms with Crippen LogP contribution in [0.5, 0.6) is 0 Å². The maximum Gasteiger partial charge on any atom is 0.243 e. The Morgan fingerprint density at radius 2 is 1.59 bits per heavy atom. The first kappa shape index (κ1) is 32.2. The number of halogens is 1. The lowest BCUT2D eigenvalue weighted by Crippen LogP contribution is -2.51. The van der Waals surface area contributed by atoms with Crippen molar-refractivity contribution in [3.05, 3.63) is 100 Å². The zero-order valence-corrected chi connectivity index (χ0v) is 26.0. The standard InChI is InChI=1S/C32H40ClN3O4S/c1-23(2)34-32(38)30(21-26-14-7-6-8-15-26)35(22-27-16-9-10-17-28(27)33)31(37)19-12-20-36(41(5,39)40)29-18-11-13-24(3)25(29)4/h6-11,13-18,23,30H,12,19-22H2,1-5H3,(H,34,38)/t30-/m1/s1. The van der Waals surface area contributed by atoms with Crippen molar-refractivity contribution in [2.24, 2.45) is 0 Å². The van der Waals surface area contributed by atoms with Gasteiger partial charge in [0.05, 0.1) is 11.9 Å². The topological polar surface area (TPSA) is 86.8 Å². The molecule has 0 spiro atoms. The van der Waals surface area contributed by atoms with Crippen molar-refractivity contribution in [1.82, 2.24) is 10.2 Å². The van der Waals surface area contributed by atoms with Gasteiger partial charge < -0.3 is 10.2 Å². The van der Waals surface area contributed by atoms with E-state index in [9.17, 15) is 18.0 Å². The van der Waals surface area contributed by atoms with E-state index in [0.29, 0.717) is 17.1 Å². The van der Waals surface area contributed by atoms with Crippen LogP contribution in [-0.2, 0) is 32.6 Å². The highest BCUT2D eigenvalue weighted by atomic mass is 35.5. The summed E-state index contributed by atoms with van der Waals surface area (Å²) < 4.78 is 26.9. The average Bonchev–Trinajstić information content (AvgIpc) is 2.91. The van der Waals surface area contributed by atoms with E-state index in [-0.39, 0.29) is 43.8 Å². The highest BCUT2D eigenvalue weighted by Gasteiger charge is 2.31. The Kier molecular flexibility index (Phi) is 11.4. The third kappa shape index (κ3) is 9.07. The molecule has 0 saturated heterocycles. The van der Waals surface area contributed by atoms with E-state index in [4.69, 9.17) is 11.6 Å². The van der Waals surface area contributed by atoms with Gasteiger partial charge in [-0.2, -0.15) is 0 Å². The molecular formula is C32H40ClN3O4S. The van der Waals surface area contributed by atoms with Crippen LogP contribution in [0.1, 0.15) is 48.9 Å². The number of rotatable bonds is 13. The van der Waals surface area contributed by atoms with Gasteiger partial charge in [-0.15, -0.1) is 0 Å². The van der Waals surface area contributed by atoms with Crippen LogP contribution in [0.4, 0.5) is 5.69 Å². The lowest BCUT2D eigenvalue weighted by Gasteiger charge is -2.32. The molecule has 0 aliphatic carbocycles. The summed E-state index contributed by atoms with van der Waals surface area (Å²) in [4.78, 5) is 29.0. The summed E-state index contributed by atoms with van der Waals surface area (Å²) in [7, 11) is -3.59. The van der Waals surface area contributed by atoms with E-state index in [0.717, 1.165) is 22.3 Å². The second kappa shape index (κ2) is 14.5. The highest BCUT2D eigenvalue weighted by Crippen LogP contribution is 2.26. The van der Waals surface area contributed by atoms with Crippen LogP contribution in [0.15, 0.2) is 72.8 Å². The van der Waals surface area contributed by atoms with Crippen LogP contribution in [0.25, 0.3) is 0 Å². The van der Waals surface area contributed by atoms with Crippen LogP contribution >= 0.6 is 11.6 Å². The Bertz CT molecular complexity index is 1440. The fraction of sp³-hybridized carbons (Fsp3) is 0.375. The van der Waals surface area contributed by atoms with Gasteiger partial charge >= 0.3 is 0 Å². The maximum absolute atomic E-state index is 13.9. The Hall–Kier alpha value is -3.36. The van der Waals surface area contributed by atoms with Gasteiger partial charge in [-0.1, -0.05) is 72.3 Å². The zero-order valence-electron chi connectivity index (χ0n) is 24.4. The van der Waals surface area contributed by atoms with Crippen molar-refractivity contribution in [1.29, 1.82) is 0 Å². The molecule has 0 bridgehead atoms. The molecule has 9 heteroatoms. The summed E-state index contributed by atoms with van der Waals surface area (Å²) >= 11 is 6.48. The van der Waals surface area contributed by atoms with E-state index in [1.54, 1.807) is 17.0 Å². The van der Waals surface area contributed by atoms with Crippen molar-refractivity contribution in [3.63, 3.8) is 0 Å². The molecular weight excluding hydrogens is 558 g/mol. The van der Waals surface area contributed by atoms with Crippen LogP contribution in [0, 0.1) is 13.8 Å². The molecule has 0 aliphatic heterocycles. The van der Waals surface area contributed by atoms with Crippen molar-refractivity contribution in [2.75, 3.05) is 17.1 Å². The number of hydrogen-bond donors (Lipinski definition) is 1. The van der Waals surface area contributed by atoms with Gasteiger partial charge in [-0.3, -0.25) is 13.9 Å². The van der Waals surface area contributed by atoms with Crippen LogP contribution < -0.4 is 9.62 Å². The molecule has 3 aromatic carbocycles. The molecule has 0 heterocycles. The van der Waals surface area contributed by atoms with Gasteiger partial charge in [0, 0.05) is 37.0 Å². The molecule has 1 atom stereocenters. The number of aryl methyl sites for hydroxylation is 1. The lowest BCUT2D eigenvalue weighted by atomic mass is 10.0. The predicted octanol–water partition coefficient (Wildman–Crippen LogP) is 5.67. The van der Waals surface area contributed by atoms with E-state index in [2.05, 4.69) is 5.32 Å². The van der Waals surface area contributed by atoms with Crippen LogP contribution in [0.2, 0.25) is 5.02 Å². The molecule has 3 rings (SSSR count). The molecule has 0 unspecified atom stereocenters. The van der Waals surface area contributed by atoms with Gasteiger partial charge in [0.25, 0.3) is 0 Å². The van der Waals surface area contributed by atoms with Crippen molar-refractivity contribution in [3.8, 4) is 0 Å². The third-order valence-electron chi connectivity index (χ3n) is 7.00. The SMILES string of the molecule is Cc1cccc(N(CCCC(=O)N(Cc2ccccc2Cl)[C@H](Cc2ccccc2)C(=O)NC(C)C)S(C)(=O)=O)c1C. The molecule has 1 N–H and O–H groups in total. The van der Waals surface area contributed by atoms with Gasteiger partial charge in [0.1, 0.15) is 6.04 Å². The quantitative estimate of drug-likeness (QED) is 0.275. The molecule has 7 nitrogen and oxygen atoms in total. The highest BCUT2D eigenvalue weighted by molar-refractivity contribution is 7.92. The molecule has 0 saturated carbocycles. The smallest absolute Gasteiger partial charge is 0.243 e. The fourth-order valence-electron chi connectivity index (χ4n) is 4.73. The van der Waals surface area contributed by atoms with Crippen molar-refractivity contribution < 1.29 is 18.0 Å². The van der Waals surface area contributed by atoms with Crippen molar-refractivity contribution >= 4 is 39.1 Å². The number of anilines is 1. The maximum atomic E-state index is 13.9. The first-order valence-corrected chi connectivity index (χ1v) is 16.0. The molecule has 41 heavy (non-hydrogen) atoms. The number of carbonyl (C=O) groups excluding carboxylic acids is 2. The molecule has 2 amide bonds. The fourth-order valence-corrected chi connectivity index (χ4v) is 5.94. The van der Waals surface area contributed by atoms with Crippen LogP contribution in [-0.4, -0.2) is 50.0 Å². The van der Waals surface area contributed by atoms with Gasteiger partial charge in [-0.25, -0.2) is 8.42 Å². The van der Waals surface area contributed by atoms with E-state index >= 15 is 0 Å². The number of nitrogens with one attached hydrogen (secondary N) is 1. The van der Waals surface area contributed by atoms with E-state index < -0.39 is 16.1 Å². The second-order valence-corrected chi connectivity index (χ2v) is 13.0. The lowest BCUT2D eigenvalue weighted by molar-refractivity contribution is -0.141. The average molecular weight is 598 g/mol. The van der Waals surface area contributed by atoms with Gasteiger partial charge in [0.15, 0.2) is 0 Å². The zero-order chi connectivity index (χ0) is 30.2. The first-order chi connectivity index (χ1) is 19.4. The van der Waals surface area contributed by atoms with Gasteiger partial charge in [0.2, 0.25) is 21.8 Å². The minimum atomic E-state index is -3.59. The Morgan fingerprint density at radius 1 is 0.927 bits per heavy atom. The minimum Gasteiger partial charge on any atom is -0.352 e. The first-order valence-electron chi connectivity index (χ1n) is 13.8. The molecule has 0 aliphatic rings. The molecule has 220 valence electrons. The second-order valence-electron chi connectivity index (χ2n) is 10.6.